The highest BCUT2D eigenvalue weighted by atomic mass is 79.9. The van der Waals surface area contributed by atoms with Crippen LogP contribution >= 0.6 is 34.1 Å². The molecule has 11 nitrogen and oxygen atoms in total. The number of esters is 1. The van der Waals surface area contributed by atoms with Crippen LogP contribution in [0.1, 0.15) is 119 Å². The Hall–Kier alpha value is -2.97. The van der Waals surface area contributed by atoms with Crippen LogP contribution in [-0.2, 0) is 78.0 Å². The molecular formula is C55H75BrClO11P. The summed E-state index contributed by atoms with van der Waals surface area (Å²) in [6, 6.07) is 39.5. The first-order chi connectivity index (χ1) is 33.8. The van der Waals surface area contributed by atoms with Crippen LogP contribution in [-0.4, -0.2) is 74.5 Å². The summed E-state index contributed by atoms with van der Waals surface area (Å²) in [5, 5.41) is 0.400. The Morgan fingerprint density at radius 3 is 1.52 bits per heavy atom. The van der Waals surface area contributed by atoms with Crippen molar-refractivity contribution in [2.24, 2.45) is 0 Å². The van der Waals surface area contributed by atoms with Crippen LogP contribution in [0.3, 0.4) is 0 Å². The lowest BCUT2D eigenvalue weighted by Crippen LogP contribution is -2.62. The third-order valence-electron chi connectivity index (χ3n) is 11.8. The number of carbonyl (C=O) groups is 1. The zero-order valence-electron chi connectivity index (χ0n) is 40.5. The number of unbranched alkanes of at least 4 members (excludes halogenated alkanes) is 12. The summed E-state index contributed by atoms with van der Waals surface area (Å²) in [6.07, 6.45) is 10.7. The molecule has 0 aliphatic carbocycles. The number of hydrogen-bond acceptors (Lipinski definition) is 11. The van der Waals surface area contributed by atoms with Crippen LogP contribution in [0, 0.1) is 0 Å². The van der Waals surface area contributed by atoms with Crippen LogP contribution in [0.5, 0.6) is 0 Å². The second kappa shape index (κ2) is 34.4. The lowest BCUT2D eigenvalue weighted by Gasteiger charge is -2.46. The van der Waals surface area contributed by atoms with Crippen LogP contribution in [0.4, 0.5) is 0 Å². The molecule has 5 rings (SSSR count). The molecule has 0 amide bonds. The number of halogens is 2. The molecule has 1 fully saturated rings. The third-order valence-corrected chi connectivity index (χ3v) is 13.7. The van der Waals surface area contributed by atoms with E-state index in [9.17, 15) is 9.36 Å². The van der Waals surface area contributed by atoms with Gasteiger partial charge in [-0.2, -0.15) is 0 Å². The van der Waals surface area contributed by atoms with E-state index < -0.39 is 49.7 Å². The van der Waals surface area contributed by atoms with Gasteiger partial charge in [-0.15, -0.1) is 0 Å². The Morgan fingerprint density at radius 1 is 0.580 bits per heavy atom. The van der Waals surface area contributed by atoms with Crippen molar-refractivity contribution >= 4 is 40.1 Å². The molecule has 14 heteroatoms. The minimum Gasteiger partial charge on any atom is -0.457 e. The summed E-state index contributed by atoms with van der Waals surface area (Å²) in [4.78, 5) is 13.4. The second-order valence-electron chi connectivity index (χ2n) is 17.5. The second-order valence-corrected chi connectivity index (χ2v) is 20.9. The van der Waals surface area contributed by atoms with Crippen LogP contribution in [0.25, 0.3) is 0 Å². The zero-order chi connectivity index (χ0) is 48.6. The highest BCUT2D eigenvalue weighted by Gasteiger charge is 2.49. The number of hydrogen-bond donors (Lipinski definition) is 0. The molecule has 1 heterocycles. The van der Waals surface area contributed by atoms with Gasteiger partial charge in [0.2, 0.25) is 0 Å². The molecule has 0 radical (unpaired) electrons. The molecule has 4 aromatic rings. The molecule has 0 aromatic heterocycles. The van der Waals surface area contributed by atoms with Gasteiger partial charge in [0.1, 0.15) is 30.5 Å². The monoisotopic (exact) mass is 1060 g/mol. The van der Waals surface area contributed by atoms with Gasteiger partial charge < -0.3 is 33.2 Å². The maximum absolute atomic E-state index is 13.4. The highest BCUT2D eigenvalue weighted by molar-refractivity contribution is 9.09. The third kappa shape index (κ3) is 23.4. The van der Waals surface area contributed by atoms with Crippen molar-refractivity contribution in [3.8, 4) is 0 Å². The molecule has 4 aromatic carbocycles. The fourth-order valence-electron chi connectivity index (χ4n) is 8.08. The predicted octanol–water partition coefficient (Wildman–Crippen LogP) is 13.9. The van der Waals surface area contributed by atoms with Crippen molar-refractivity contribution in [1.29, 1.82) is 0 Å². The van der Waals surface area contributed by atoms with Gasteiger partial charge in [0.15, 0.2) is 6.29 Å². The van der Waals surface area contributed by atoms with Gasteiger partial charge in [-0.3, -0.25) is 13.8 Å². The van der Waals surface area contributed by atoms with Crippen molar-refractivity contribution in [3.05, 3.63) is 144 Å². The Labute approximate surface area is 425 Å². The summed E-state index contributed by atoms with van der Waals surface area (Å²) in [6.45, 7) is -1.08. The first kappa shape index (κ1) is 56.9. The maximum atomic E-state index is 13.4. The molecule has 380 valence electrons. The fourth-order valence-corrected chi connectivity index (χ4v) is 9.60. The van der Waals surface area contributed by atoms with Crippen LogP contribution < -0.4 is 0 Å². The largest absolute Gasteiger partial charge is 0.457 e. The normalized spacial score (nSPS) is 19.5. The number of ether oxygens (including phenoxy) is 7. The summed E-state index contributed by atoms with van der Waals surface area (Å²) >= 11 is 9.45. The van der Waals surface area contributed by atoms with Crippen LogP contribution in [0.15, 0.2) is 121 Å². The van der Waals surface area contributed by atoms with E-state index in [0.29, 0.717) is 18.4 Å². The average Bonchev–Trinajstić information content (AvgIpc) is 3.37. The van der Waals surface area contributed by atoms with Gasteiger partial charge >= 0.3 is 12.9 Å². The first-order valence-corrected chi connectivity index (χ1v) is 28.6. The minimum absolute atomic E-state index is 0.0583. The minimum atomic E-state index is -4.02. The maximum Gasteiger partial charge on any atom is 0.424 e. The van der Waals surface area contributed by atoms with E-state index >= 15 is 0 Å². The standard InChI is InChI=1S/C55H75BrClO11P/c1-2-3-4-5-6-7-8-9-10-11-12-13-26-35-51(58)67-49(43-66-69(57,59)65-37-36-56)42-64-55-54(63-41-48-33-24-17-25-34-48)53(62-40-47-31-22-16-23-32-47)52(61-39-46-29-20-15-21-30-46)50(68-55)44-60-38-45-27-18-14-19-28-45/h14-25,27-34,49-50,52-55H,2-13,26,35-44H2,1H3/t49-,50+,52+,53-,54+,55+,69?/m0/s1. The van der Waals surface area contributed by atoms with Gasteiger partial charge in [0.05, 0.1) is 52.9 Å². The Morgan fingerprint density at radius 2 is 1.03 bits per heavy atom. The van der Waals surface area contributed by atoms with E-state index in [4.69, 9.17) is 53.4 Å². The van der Waals surface area contributed by atoms with Gasteiger partial charge in [-0.1, -0.05) is 221 Å². The highest BCUT2D eigenvalue weighted by Crippen LogP contribution is 2.53. The summed E-state index contributed by atoms with van der Waals surface area (Å²) in [5.41, 5.74) is 3.87. The van der Waals surface area contributed by atoms with E-state index in [1.165, 1.54) is 57.8 Å². The Kier molecular flexibility index (Phi) is 28.4. The van der Waals surface area contributed by atoms with E-state index in [2.05, 4.69) is 22.9 Å². The average molecular weight is 1060 g/mol. The van der Waals surface area contributed by atoms with Gasteiger partial charge in [0.25, 0.3) is 0 Å². The van der Waals surface area contributed by atoms with E-state index in [1.807, 2.05) is 121 Å². The molecule has 69 heavy (non-hydrogen) atoms. The van der Waals surface area contributed by atoms with Crippen molar-refractivity contribution in [1.82, 2.24) is 0 Å². The lowest BCUT2D eigenvalue weighted by atomic mass is 9.97. The number of carbonyl (C=O) groups excluding carboxylic acids is 1. The zero-order valence-corrected chi connectivity index (χ0v) is 43.7. The molecule has 1 unspecified atom stereocenters. The smallest absolute Gasteiger partial charge is 0.424 e. The number of benzene rings is 4. The van der Waals surface area contributed by atoms with Crippen molar-refractivity contribution in [2.45, 2.75) is 160 Å². The molecule has 1 aliphatic rings. The molecule has 0 saturated carbocycles. The van der Waals surface area contributed by atoms with Crippen LogP contribution in [0.2, 0.25) is 0 Å². The number of alkyl halides is 1. The molecule has 0 spiro atoms. The SMILES string of the molecule is CCCCCCCCCCCCCCCC(=O)O[C@@H](CO[C@@H]1O[C@H](COCc2ccccc2)[C@@H](OCc2ccccc2)[C@H](OCc2ccccc2)[C@H]1OCc1ccccc1)COP(=O)(Cl)OCCBr. The topological polar surface area (TPSA) is 117 Å². The summed E-state index contributed by atoms with van der Waals surface area (Å²) < 4.78 is 70.1. The number of rotatable bonds is 37. The van der Waals surface area contributed by atoms with E-state index in [1.54, 1.807) is 0 Å². The Balaban J connectivity index is 1.32. The first-order valence-electron chi connectivity index (χ1n) is 25.0. The Bertz CT molecular complexity index is 1950. The predicted molar refractivity (Wildman–Crippen MR) is 275 cm³/mol. The molecule has 0 bridgehead atoms. The molecule has 1 saturated heterocycles. The van der Waals surface area contributed by atoms with E-state index in [0.717, 1.165) is 41.5 Å². The quantitative estimate of drug-likeness (QED) is 0.0186. The van der Waals surface area contributed by atoms with Gasteiger partial charge in [0, 0.05) is 23.0 Å². The van der Waals surface area contributed by atoms with Gasteiger partial charge in [-0.05, 0) is 28.7 Å². The van der Waals surface area contributed by atoms with E-state index in [-0.39, 0.29) is 52.7 Å². The van der Waals surface area contributed by atoms with Crippen molar-refractivity contribution in [3.63, 3.8) is 0 Å². The summed E-state index contributed by atoms with van der Waals surface area (Å²) in [5.74, 6) is -0.423. The van der Waals surface area contributed by atoms with Crippen molar-refractivity contribution < 1.29 is 51.6 Å². The molecule has 7 atom stereocenters. The molecule has 0 N–H and O–H groups in total. The molecule has 1 aliphatic heterocycles. The fraction of sp³-hybridized carbons (Fsp3) is 0.545. The van der Waals surface area contributed by atoms with Gasteiger partial charge in [-0.25, -0.2) is 4.57 Å². The molecular weight excluding hydrogens is 983 g/mol. The lowest BCUT2D eigenvalue weighted by molar-refractivity contribution is -0.331. The van der Waals surface area contributed by atoms with Crippen molar-refractivity contribution in [2.75, 3.05) is 31.8 Å². The summed E-state index contributed by atoms with van der Waals surface area (Å²) in [7, 11) is 0.